The molecule has 0 N–H and O–H groups in total. The summed E-state index contributed by atoms with van der Waals surface area (Å²) in [7, 11) is 0. The van der Waals surface area contributed by atoms with Gasteiger partial charge in [-0.25, -0.2) is 0 Å². The maximum atomic E-state index is 4.43. The zero-order valence-corrected chi connectivity index (χ0v) is 21.7. The Morgan fingerprint density at radius 3 is 1.94 bits per heavy atom. The fourth-order valence-electron chi connectivity index (χ4n) is 4.86. The van der Waals surface area contributed by atoms with E-state index in [1.54, 1.807) is 0 Å². The fourth-order valence-corrected chi connectivity index (χ4v) is 5.13. The van der Waals surface area contributed by atoms with E-state index in [9.17, 15) is 0 Å². The Hall–Kier alpha value is -3.62. The molecule has 0 amide bonds. The molecule has 1 aliphatic carbocycles. The predicted octanol–water partition coefficient (Wildman–Crippen LogP) is 10.0. The van der Waals surface area contributed by atoms with Crippen molar-refractivity contribution in [3.8, 4) is 11.1 Å². The summed E-state index contributed by atoms with van der Waals surface area (Å²) in [5.41, 5.74) is 10.4. The lowest BCUT2D eigenvalue weighted by molar-refractivity contribution is 0.663. The second-order valence-corrected chi connectivity index (χ2v) is 10.3. The smallest absolute Gasteiger partial charge is 0.0465 e. The van der Waals surface area contributed by atoms with Crippen LogP contribution in [-0.2, 0) is 5.41 Å². The Labute approximate surface area is 216 Å². The number of benzene rings is 4. The molecule has 0 spiro atoms. The average Bonchev–Trinajstić information content (AvgIpc) is 3.07. The number of halogens is 1. The molecule has 0 heterocycles. The lowest BCUT2D eigenvalue weighted by atomic mass is 9.83. The number of fused-ring (bicyclic) bond motifs is 1. The van der Waals surface area contributed by atoms with Crippen LogP contribution in [0, 0.1) is 0 Å². The zero-order chi connectivity index (χ0) is 24.6. The SMILES string of the molecule is C=C/C=C1\C(=C)C(C)(C)c2cc(N(c3ccc(Br)cc3)c3ccc(-c4ccccc4)cc3)ccc21. The lowest BCUT2D eigenvalue weighted by Gasteiger charge is -2.28. The van der Waals surface area contributed by atoms with E-state index in [2.05, 4.69) is 145 Å². The third-order valence-electron chi connectivity index (χ3n) is 6.91. The summed E-state index contributed by atoms with van der Waals surface area (Å²) in [6, 6.07) is 34.5. The first-order valence-electron chi connectivity index (χ1n) is 11.8. The van der Waals surface area contributed by atoms with Crippen molar-refractivity contribution >= 4 is 38.6 Å². The van der Waals surface area contributed by atoms with Gasteiger partial charge in [-0.2, -0.15) is 0 Å². The Balaban J connectivity index is 1.64. The van der Waals surface area contributed by atoms with E-state index in [4.69, 9.17) is 0 Å². The van der Waals surface area contributed by atoms with Crippen LogP contribution in [0.25, 0.3) is 16.7 Å². The van der Waals surface area contributed by atoms with Crippen LogP contribution in [-0.4, -0.2) is 0 Å². The summed E-state index contributed by atoms with van der Waals surface area (Å²) >= 11 is 3.58. The van der Waals surface area contributed by atoms with Gasteiger partial charge in [-0.3, -0.25) is 0 Å². The van der Waals surface area contributed by atoms with Gasteiger partial charge in [0.15, 0.2) is 0 Å². The van der Waals surface area contributed by atoms with Gasteiger partial charge in [-0.15, -0.1) is 0 Å². The number of hydrogen-bond acceptors (Lipinski definition) is 1. The van der Waals surface area contributed by atoms with Crippen molar-refractivity contribution in [2.75, 3.05) is 4.90 Å². The molecule has 0 saturated heterocycles. The first-order valence-corrected chi connectivity index (χ1v) is 12.6. The predicted molar refractivity (Wildman–Crippen MR) is 155 cm³/mol. The molecular formula is C33H28BrN. The van der Waals surface area contributed by atoms with Gasteiger partial charge in [0.05, 0.1) is 0 Å². The van der Waals surface area contributed by atoms with E-state index >= 15 is 0 Å². The standard InChI is InChI=1S/C33H28BrN/c1-5-9-30-23(2)33(3,4)32-22-29(20-21-31(30)32)35(28-18-14-26(34)15-19-28)27-16-12-25(13-17-27)24-10-7-6-8-11-24/h5-22H,1-2H2,3-4H3/b30-9+. The molecule has 5 rings (SSSR count). The van der Waals surface area contributed by atoms with Gasteiger partial charge in [0.1, 0.15) is 0 Å². The number of allylic oxidation sites excluding steroid dienone is 4. The van der Waals surface area contributed by atoms with Crippen molar-refractivity contribution in [3.63, 3.8) is 0 Å². The van der Waals surface area contributed by atoms with Gasteiger partial charge in [-0.05, 0) is 81.9 Å². The minimum atomic E-state index is -0.150. The molecule has 172 valence electrons. The second kappa shape index (κ2) is 9.20. The minimum absolute atomic E-state index is 0.150. The maximum Gasteiger partial charge on any atom is 0.0465 e. The molecule has 0 bridgehead atoms. The summed E-state index contributed by atoms with van der Waals surface area (Å²) in [6.45, 7) is 12.8. The summed E-state index contributed by atoms with van der Waals surface area (Å²) in [5, 5.41) is 0. The fraction of sp³-hybridized carbons (Fsp3) is 0.0909. The van der Waals surface area contributed by atoms with Gasteiger partial charge in [0.2, 0.25) is 0 Å². The number of nitrogens with zero attached hydrogens (tertiary/aromatic N) is 1. The van der Waals surface area contributed by atoms with Gasteiger partial charge in [0.25, 0.3) is 0 Å². The van der Waals surface area contributed by atoms with Gasteiger partial charge in [0, 0.05) is 26.9 Å². The highest BCUT2D eigenvalue weighted by molar-refractivity contribution is 9.10. The summed E-state index contributed by atoms with van der Waals surface area (Å²) < 4.78 is 1.06. The summed E-state index contributed by atoms with van der Waals surface area (Å²) in [5.74, 6) is 0. The number of hydrogen-bond donors (Lipinski definition) is 0. The van der Waals surface area contributed by atoms with Crippen LogP contribution in [0.15, 0.2) is 132 Å². The number of rotatable bonds is 5. The molecule has 4 aromatic carbocycles. The molecule has 0 atom stereocenters. The van der Waals surface area contributed by atoms with E-state index in [1.165, 1.54) is 27.8 Å². The second-order valence-electron chi connectivity index (χ2n) is 9.37. The molecule has 2 heteroatoms. The topological polar surface area (TPSA) is 3.24 Å². The van der Waals surface area contributed by atoms with E-state index in [-0.39, 0.29) is 5.41 Å². The normalized spacial score (nSPS) is 15.2. The van der Waals surface area contributed by atoms with Crippen LogP contribution in [0.5, 0.6) is 0 Å². The molecule has 0 aliphatic heterocycles. The maximum absolute atomic E-state index is 4.43. The zero-order valence-electron chi connectivity index (χ0n) is 20.1. The lowest BCUT2D eigenvalue weighted by Crippen LogP contribution is -2.16. The van der Waals surface area contributed by atoms with E-state index < -0.39 is 0 Å². The van der Waals surface area contributed by atoms with Crippen molar-refractivity contribution in [2.45, 2.75) is 19.3 Å². The first-order chi connectivity index (χ1) is 16.9. The van der Waals surface area contributed by atoms with Crippen LogP contribution in [0.1, 0.15) is 25.0 Å². The summed E-state index contributed by atoms with van der Waals surface area (Å²) in [6.07, 6.45) is 3.92. The summed E-state index contributed by atoms with van der Waals surface area (Å²) in [4.78, 5) is 2.32. The Morgan fingerprint density at radius 1 is 0.743 bits per heavy atom. The van der Waals surface area contributed by atoms with E-state index in [0.717, 1.165) is 27.1 Å². The molecule has 0 unspecified atom stereocenters. The van der Waals surface area contributed by atoms with Gasteiger partial charge < -0.3 is 4.90 Å². The minimum Gasteiger partial charge on any atom is -0.310 e. The molecule has 0 radical (unpaired) electrons. The van der Waals surface area contributed by atoms with Crippen molar-refractivity contribution in [3.05, 3.63) is 144 Å². The molecular weight excluding hydrogens is 490 g/mol. The van der Waals surface area contributed by atoms with Crippen molar-refractivity contribution in [2.24, 2.45) is 0 Å². The average molecular weight is 518 g/mol. The molecule has 0 saturated carbocycles. The van der Waals surface area contributed by atoms with Gasteiger partial charge >= 0.3 is 0 Å². The Morgan fingerprint density at radius 2 is 1.31 bits per heavy atom. The Kier molecular flexibility index (Phi) is 6.08. The largest absolute Gasteiger partial charge is 0.310 e. The molecule has 1 aliphatic rings. The third kappa shape index (κ3) is 4.19. The van der Waals surface area contributed by atoms with Crippen LogP contribution in [0.3, 0.4) is 0 Å². The highest BCUT2D eigenvalue weighted by Crippen LogP contribution is 2.50. The van der Waals surface area contributed by atoms with E-state index in [1.807, 2.05) is 12.1 Å². The van der Waals surface area contributed by atoms with Crippen LogP contribution < -0.4 is 4.90 Å². The number of anilines is 3. The highest BCUT2D eigenvalue weighted by Gasteiger charge is 2.37. The monoisotopic (exact) mass is 517 g/mol. The quantitative estimate of drug-likeness (QED) is 0.254. The molecule has 4 aromatic rings. The van der Waals surface area contributed by atoms with Crippen molar-refractivity contribution in [1.29, 1.82) is 0 Å². The van der Waals surface area contributed by atoms with E-state index in [0.29, 0.717) is 0 Å². The molecule has 1 nitrogen and oxygen atoms in total. The van der Waals surface area contributed by atoms with Crippen molar-refractivity contribution < 1.29 is 0 Å². The van der Waals surface area contributed by atoms with Crippen molar-refractivity contribution in [1.82, 2.24) is 0 Å². The highest BCUT2D eigenvalue weighted by atomic mass is 79.9. The first kappa shape index (κ1) is 23.1. The molecule has 0 fully saturated rings. The van der Waals surface area contributed by atoms with Crippen LogP contribution >= 0.6 is 15.9 Å². The van der Waals surface area contributed by atoms with Crippen LogP contribution in [0.2, 0.25) is 0 Å². The van der Waals surface area contributed by atoms with Crippen LogP contribution in [0.4, 0.5) is 17.1 Å². The van der Waals surface area contributed by atoms with Gasteiger partial charge in [-0.1, -0.05) is 104 Å². The molecule has 0 aromatic heterocycles. The Bertz CT molecular complexity index is 1430. The third-order valence-corrected chi connectivity index (χ3v) is 7.44. The molecule has 35 heavy (non-hydrogen) atoms.